The number of rotatable bonds is 3. The van der Waals surface area contributed by atoms with Crippen molar-refractivity contribution in [2.24, 2.45) is 10.2 Å². The van der Waals surface area contributed by atoms with Gasteiger partial charge in [0.2, 0.25) is 0 Å². The first-order valence-corrected chi connectivity index (χ1v) is 5.24. The SMILES string of the molecule is O=[N+]([O-])c1ccc(N=Nc2cc(O)cc(O)c2)cc1. The van der Waals surface area contributed by atoms with Crippen molar-refractivity contribution >= 4 is 17.1 Å². The Labute approximate surface area is 107 Å². The first-order chi connectivity index (χ1) is 9.04. The van der Waals surface area contributed by atoms with Gasteiger partial charge in [0.1, 0.15) is 11.5 Å². The third-order valence-corrected chi connectivity index (χ3v) is 2.23. The van der Waals surface area contributed by atoms with Gasteiger partial charge in [-0.1, -0.05) is 0 Å². The summed E-state index contributed by atoms with van der Waals surface area (Å²) in [6.45, 7) is 0. The first kappa shape index (κ1) is 12.5. The molecule has 2 aromatic carbocycles. The predicted octanol–water partition coefficient (Wildman–Crippen LogP) is 3.42. The van der Waals surface area contributed by atoms with Gasteiger partial charge in [-0.3, -0.25) is 10.1 Å². The van der Waals surface area contributed by atoms with E-state index in [0.29, 0.717) is 5.69 Å². The van der Waals surface area contributed by atoms with E-state index < -0.39 is 4.92 Å². The van der Waals surface area contributed by atoms with Crippen LogP contribution >= 0.6 is 0 Å². The van der Waals surface area contributed by atoms with Crippen LogP contribution in [0, 0.1) is 10.1 Å². The number of nitro benzene ring substituents is 1. The molecule has 7 nitrogen and oxygen atoms in total. The molecule has 0 unspecified atom stereocenters. The molecular weight excluding hydrogens is 250 g/mol. The Balaban J connectivity index is 2.20. The Kier molecular flexibility index (Phi) is 3.37. The Bertz CT molecular complexity index is 618. The summed E-state index contributed by atoms with van der Waals surface area (Å²) in [5.41, 5.74) is 0.665. The average molecular weight is 259 g/mol. The quantitative estimate of drug-likeness (QED) is 0.500. The molecule has 0 aliphatic rings. The molecule has 0 bridgehead atoms. The molecule has 0 atom stereocenters. The fourth-order valence-corrected chi connectivity index (χ4v) is 1.39. The van der Waals surface area contributed by atoms with Gasteiger partial charge in [0.25, 0.3) is 5.69 Å². The number of hydrogen-bond acceptors (Lipinski definition) is 6. The Morgan fingerprint density at radius 2 is 1.42 bits per heavy atom. The van der Waals surface area contributed by atoms with Gasteiger partial charge in [0.15, 0.2) is 0 Å². The molecule has 7 heteroatoms. The predicted molar refractivity (Wildman–Crippen MR) is 67.0 cm³/mol. The van der Waals surface area contributed by atoms with E-state index in [1.807, 2.05) is 0 Å². The maximum atomic E-state index is 10.5. The van der Waals surface area contributed by atoms with Gasteiger partial charge in [0, 0.05) is 30.3 Å². The van der Waals surface area contributed by atoms with E-state index in [9.17, 15) is 20.3 Å². The Hall–Kier alpha value is -2.96. The highest BCUT2D eigenvalue weighted by Crippen LogP contribution is 2.27. The average Bonchev–Trinajstić information content (AvgIpc) is 2.36. The number of nitro groups is 1. The second-order valence-electron chi connectivity index (χ2n) is 3.68. The molecule has 0 saturated carbocycles. The lowest BCUT2D eigenvalue weighted by Crippen LogP contribution is -1.85. The number of benzene rings is 2. The molecule has 2 rings (SSSR count). The van der Waals surface area contributed by atoms with Crippen LogP contribution in [0.3, 0.4) is 0 Å². The summed E-state index contributed by atoms with van der Waals surface area (Å²) in [6.07, 6.45) is 0. The van der Waals surface area contributed by atoms with Crippen LogP contribution in [0.5, 0.6) is 11.5 Å². The topological polar surface area (TPSA) is 108 Å². The van der Waals surface area contributed by atoms with Crippen LogP contribution in [0.25, 0.3) is 0 Å². The molecule has 96 valence electrons. The molecule has 0 amide bonds. The van der Waals surface area contributed by atoms with Crippen LogP contribution in [-0.4, -0.2) is 15.1 Å². The smallest absolute Gasteiger partial charge is 0.269 e. The Morgan fingerprint density at radius 1 is 0.895 bits per heavy atom. The van der Waals surface area contributed by atoms with Crippen molar-refractivity contribution in [1.29, 1.82) is 0 Å². The fraction of sp³-hybridized carbons (Fsp3) is 0. The summed E-state index contributed by atoms with van der Waals surface area (Å²) in [5, 5.41) is 36.6. The van der Waals surface area contributed by atoms with Crippen LogP contribution in [0.2, 0.25) is 0 Å². The van der Waals surface area contributed by atoms with Gasteiger partial charge >= 0.3 is 0 Å². The van der Waals surface area contributed by atoms with Crippen LogP contribution in [0.4, 0.5) is 17.1 Å². The zero-order valence-corrected chi connectivity index (χ0v) is 9.59. The van der Waals surface area contributed by atoms with Crippen molar-refractivity contribution in [3.05, 3.63) is 52.6 Å². The highest BCUT2D eigenvalue weighted by Gasteiger charge is 2.03. The van der Waals surface area contributed by atoms with Crippen molar-refractivity contribution in [3.63, 3.8) is 0 Å². The lowest BCUT2D eigenvalue weighted by atomic mass is 10.3. The van der Waals surface area contributed by atoms with Gasteiger partial charge < -0.3 is 10.2 Å². The molecule has 0 aliphatic heterocycles. The number of aromatic hydroxyl groups is 2. The number of phenols is 2. The van der Waals surface area contributed by atoms with Crippen molar-refractivity contribution in [2.75, 3.05) is 0 Å². The minimum atomic E-state index is -0.506. The van der Waals surface area contributed by atoms with Gasteiger partial charge in [-0.05, 0) is 12.1 Å². The molecule has 0 aromatic heterocycles. The van der Waals surface area contributed by atoms with Crippen molar-refractivity contribution in [2.45, 2.75) is 0 Å². The van der Waals surface area contributed by atoms with E-state index in [-0.39, 0.29) is 22.9 Å². The molecule has 0 saturated heterocycles. The third kappa shape index (κ3) is 3.25. The lowest BCUT2D eigenvalue weighted by Gasteiger charge is -1.97. The summed E-state index contributed by atoms with van der Waals surface area (Å²) in [5.74, 6) is -0.254. The van der Waals surface area contributed by atoms with Gasteiger partial charge in [-0.15, -0.1) is 0 Å². The number of non-ortho nitro benzene ring substituents is 1. The molecule has 0 spiro atoms. The van der Waals surface area contributed by atoms with E-state index in [1.165, 1.54) is 42.5 Å². The standard InChI is InChI=1S/C12H9N3O4/c16-11-5-9(6-12(17)7-11)14-13-8-1-3-10(4-2-8)15(18)19/h1-7,16-17H. The summed E-state index contributed by atoms with van der Waals surface area (Å²) >= 11 is 0. The number of phenolic OH excluding ortho intramolecular Hbond substituents is 2. The zero-order valence-electron chi connectivity index (χ0n) is 9.59. The molecular formula is C12H9N3O4. The first-order valence-electron chi connectivity index (χ1n) is 5.24. The highest BCUT2D eigenvalue weighted by atomic mass is 16.6. The summed E-state index contributed by atoms with van der Waals surface area (Å²) in [4.78, 5) is 9.96. The minimum Gasteiger partial charge on any atom is -0.508 e. The lowest BCUT2D eigenvalue weighted by molar-refractivity contribution is -0.384. The minimum absolute atomic E-state index is 0.0334. The van der Waals surface area contributed by atoms with Crippen molar-refractivity contribution < 1.29 is 15.1 Å². The van der Waals surface area contributed by atoms with Crippen LogP contribution in [0.15, 0.2) is 52.7 Å². The maximum absolute atomic E-state index is 10.5. The molecule has 0 fully saturated rings. The van der Waals surface area contributed by atoms with E-state index in [0.717, 1.165) is 0 Å². The molecule has 0 radical (unpaired) electrons. The summed E-state index contributed by atoms with van der Waals surface area (Å²) in [6, 6.07) is 9.35. The summed E-state index contributed by atoms with van der Waals surface area (Å²) in [7, 11) is 0. The normalized spacial score (nSPS) is 10.7. The fourth-order valence-electron chi connectivity index (χ4n) is 1.39. The van der Waals surface area contributed by atoms with Crippen LogP contribution < -0.4 is 0 Å². The number of azo groups is 1. The molecule has 0 heterocycles. The van der Waals surface area contributed by atoms with Crippen LogP contribution in [-0.2, 0) is 0 Å². The van der Waals surface area contributed by atoms with Crippen LogP contribution in [0.1, 0.15) is 0 Å². The highest BCUT2D eigenvalue weighted by molar-refractivity contribution is 5.49. The molecule has 19 heavy (non-hydrogen) atoms. The van der Waals surface area contributed by atoms with Gasteiger partial charge in [-0.25, -0.2) is 0 Å². The molecule has 2 N–H and O–H groups in total. The zero-order chi connectivity index (χ0) is 13.8. The maximum Gasteiger partial charge on any atom is 0.269 e. The van der Waals surface area contributed by atoms with Crippen molar-refractivity contribution in [3.8, 4) is 11.5 Å². The van der Waals surface area contributed by atoms with E-state index in [2.05, 4.69) is 10.2 Å². The van der Waals surface area contributed by atoms with E-state index in [1.54, 1.807) is 0 Å². The monoisotopic (exact) mass is 259 g/mol. The third-order valence-electron chi connectivity index (χ3n) is 2.23. The second kappa shape index (κ2) is 5.13. The number of hydrogen-bond donors (Lipinski definition) is 2. The largest absolute Gasteiger partial charge is 0.508 e. The van der Waals surface area contributed by atoms with Gasteiger partial charge in [-0.2, -0.15) is 10.2 Å². The van der Waals surface area contributed by atoms with E-state index >= 15 is 0 Å². The molecule has 2 aromatic rings. The Morgan fingerprint density at radius 3 is 1.95 bits per heavy atom. The summed E-state index contributed by atoms with van der Waals surface area (Å²) < 4.78 is 0. The second-order valence-corrected chi connectivity index (χ2v) is 3.68. The molecule has 0 aliphatic carbocycles. The van der Waals surface area contributed by atoms with Gasteiger partial charge in [0.05, 0.1) is 16.3 Å². The van der Waals surface area contributed by atoms with E-state index in [4.69, 9.17) is 0 Å². The van der Waals surface area contributed by atoms with Crippen molar-refractivity contribution in [1.82, 2.24) is 0 Å². The number of nitrogens with zero attached hydrogens (tertiary/aromatic N) is 3.